The Labute approximate surface area is 276 Å². The minimum Gasteiger partial charge on any atom is -0.462 e. The van der Waals surface area contributed by atoms with E-state index >= 15 is 13.4 Å². The predicted molar refractivity (Wildman–Crippen MR) is 174 cm³/mol. The molecule has 0 aromatic rings. The zero-order valence-electron chi connectivity index (χ0n) is 28.2. The van der Waals surface area contributed by atoms with Crippen LogP contribution in [-0.2, 0) is 39.6 Å². The third kappa shape index (κ3) is 14.6. The minimum absolute atomic E-state index is 0.00616. The van der Waals surface area contributed by atoms with Crippen molar-refractivity contribution in [3.05, 3.63) is 0 Å². The molecule has 0 aromatic heterocycles. The molecule has 0 aromatic carbocycles. The molecule has 0 aliphatic heterocycles. The second-order valence-corrected chi connectivity index (χ2v) is 17.3. The van der Waals surface area contributed by atoms with E-state index in [-0.39, 0.29) is 44.9 Å². The first-order chi connectivity index (χ1) is 21.6. The molecule has 0 saturated heterocycles. The second-order valence-electron chi connectivity index (χ2n) is 11.7. The molecular formula is C29H58F3N3O8S3. The van der Waals surface area contributed by atoms with Gasteiger partial charge in [-0.25, -0.2) is 30.0 Å². The number of carbonyl (C=O) groups excluding carboxylic acids is 1. The SMILES string of the molecule is CCCCCCCCS(=O)(=O)N(F)C(C(=O)OCCC)(N(F)S(=O)(=O)CCCCCCCC)N(F)S(=O)(=O)CCCCCCCC. The lowest BCUT2D eigenvalue weighted by molar-refractivity contribution is -0.247. The third-order valence-electron chi connectivity index (χ3n) is 7.45. The number of hydrogen-bond acceptors (Lipinski definition) is 8. The largest absolute Gasteiger partial charge is 0.462 e. The summed E-state index contributed by atoms with van der Waals surface area (Å²) in [6.07, 6.45) is 9.57. The van der Waals surface area contributed by atoms with Gasteiger partial charge in [0.05, 0.1) is 23.9 Å². The number of esters is 1. The predicted octanol–water partition coefficient (Wildman–Crippen LogP) is 7.22. The first-order valence-corrected chi connectivity index (χ1v) is 21.7. The van der Waals surface area contributed by atoms with Crippen LogP contribution < -0.4 is 0 Å². The van der Waals surface area contributed by atoms with Crippen LogP contribution in [0.3, 0.4) is 0 Å². The minimum atomic E-state index is -5.49. The van der Waals surface area contributed by atoms with Crippen LogP contribution >= 0.6 is 0 Å². The molecule has 0 N–H and O–H groups in total. The number of carbonyl (C=O) groups is 1. The summed E-state index contributed by atoms with van der Waals surface area (Å²) in [6, 6.07) is 0. The van der Waals surface area contributed by atoms with Crippen molar-refractivity contribution in [1.82, 2.24) is 13.6 Å². The lowest BCUT2D eigenvalue weighted by atomic mass is 10.1. The molecule has 0 unspecified atom stereocenters. The summed E-state index contributed by atoms with van der Waals surface area (Å²) < 4.78 is 128. The quantitative estimate of drug-likeness (QED) is 0.0327. The van der Waals surface area contributed by atoms with Gasteiger partial charge in [-0.05, 0) is 25.7 Å². The number of unbranched alkanes of at least 4 members (excludes halogenated alkanes) is 15. The molecule has 0 amide bonds. The number of ether oxygens (including phenoxy) is 1. The van der Waals surface area contributed by atoms with E-state index < -0.39 is 79.3 Å². The summed E-state index contributed by atoms with van der Waals surface area (Å²) in [6.45, 7) is 6.73. The molecule has 0 saturated carbocycles. The average Bonchev–Trinajstić information content (AvgIpc) is 3.01. The van der Waals surface area contributed by atoms with Gasteiger partial charge in [-0.3, -0.25) is 0 Å². The Balaban J connectivity index is 6.75. The van der Waals surface area contributed by atoms with Crippen LogP contribution in [-0.4, -0.2) is 74.5 Å². The summed E-state index contributed by atoms with van der Waals surface area (Å²) in [5, 5.41) is 0. The molecule has 276 valence electrons. The molecule has 0 atom stereocenters. The molecule has 0 spiro atoms. The molecule has 17 heteroatoms. The molecule has 0 aliphatic carbocycles. The third-order valence-corrected chi connectivity index (χ3v) is 12.1. The summed E-state index contributed by atoms with van der Waals surface area (Å²) in [7, 11) is -16.5. The summed E-state index contributed by atoms with van der Waals surface area (Å²) >= 11 is 0. The van der Waals surface area contributed by atoms with Crippen LogP contribution in [0.1, 0.15) is 150 Å². The summed E-state index contributed by atoms with van der Waals surface area (Å²) in [5.74, 6) is -10.4. The van der Waals surface area contributed by atoms with Crippen molar-refractivity contribution in [2.75, 3.05) is 23.9 Å². The van der Waals surface area contributed by atoms with Crippen molar-refractivity contribution < 1.29 is 48.2 Å². The van der Waals surface area contributed by atoms with E-state index in [1.165, 1.54) is 6.92 Å². The monoisotopic (exact) mass is 729 g/mol. The second kappa shape index (κ2) is 23.4. The highest BCUT2D eigenvalue weighted by Gasteiger charge is 2.70. The molecule has 0 bridgehead atoms. The highest BCUT2D eigenvalue weighted by atomic mass is 32.2. The number of hydrogen-bond donors (Lipinski definition) is 0. The number of rotatable bonds is 30. The van der Waals surface area contributed by atoms with E-state index in [1.807, 2.05) is 20.8 Å². The molecule has 0 radical (unpaired) electrons. The van der Waals surface area contributed by atoms with Crippen molar-refractivity contribution in [2.24, 2.45) is 0 Å². The fraction of sp³-hybridized carbons (Fsp3) is 0.966. The zero-order chi connectivity index (χ0) is 35.3. The lowest BCUT2D eigenvalue weighted by Crippen LogP contribution is -2.72. The standard InChI is InChI=1S/C29H58F3N3O8S3/c1-5-9-12-15-18-21-25-44(37,38)33(30)29(28(36)43-24-8-4,34(31)45(39,40)26-22-19-16-13-10-6-2)35(32)46(41,42)27-23-20-17-14-11-7-3/h5-27H2,1-4H3. The normalized spacial score (nSPS) is 13.3. The highest BCUT2D eigenvalue weighted by molar-refractivity contribution is 7.90. The van der Waals surface area contributed by atoms with E-state index in [4.69, 9.17) is 4.74 Å². The van der Waals surface area contributed by atoms with E-state index in [1.54, 1.807) is 0 Å². The number of nitrogens with zero attached hydrogens (tertiary/aromatic N) is 3. The van der Waals surface area contributed by atoms with Gasteiger partial charge in [-0.2, -0.15) is 0 Å². The van der Waals surface area contributed by atoms with E-state index in [2.05, 4.69) is 0 Å². The molecule has 0 rings (SSSR count). The van der Waals surface area contributed by atoms with Crippen LogP contribution in [0.5, 0.6) is 0 Å². The lowest BCUT2D eigenvalue weighted by Gasteiger charge is -2.39. The summed E-state index contributed by atoms with van der Waals surface area (Å²) in [4.78, 5) is 13.4. The molecule has 0 heterocycles. The Kier molecular flexibility index (Phi) is 22.9. The fourth-order valence-electron chi connectivity index (χ4n) is 4.71. The van der Waals surface area contributed by atoms with Gasteiger partial charge in [0.1, 0.15) is 0 Å². The Hall–Kier alpha value is -1.01. The van der Waals surface area contributed by atoms with Gasteiger partial charge >= 0.3 is 11.8 Å². The topological polar surface area (TPSA) is 138 Å². The van der Waals surface area contributed by atoms with Crippen LogP contribution in [0.4, 0.5) is 13.4 Å². The fourth-order valence-corrected chi connectivity index (χ4v) is 8.87. The van der Waals surface area contributed by atoms with E-state index in [0.29, 0.717) is 19.3 Å². The molecular weight excluding hydrogens is 672 g/mol. The van der Waals surface area contributed by atoms with Crippen LogP contribution in [0.2, 0.25) is 0 Å². The van der Waals surface area contributed by atoms with Gasteiger partial charge in [0.15, 0.2) is 0 Å². The Morgan fingerprint density at radius 1 is 0.478 bits per heavy atom. The number of sulfonamides is 3. The highest BCUT2D eigenvalue weighted by Crippen LogP contribution is 2.37. The van der Waals surface area contributed by atoms with Crippen LogP contribution in [0, 0.1) is 0 Å². The van der Waals surface area contributed by atoms with Gasteiger partial charge in [0.25, 0.3) is 0 Å². The maximum Gasteiger partial charge on any atom is 0.368 e. The molecule has 11 nitrogen and oxygen atoms in total. The average molecular weight is 730 g/mol. The Bertz CT molecular complexity index is 1030. The van der Waals surface area contributed by atoms with Crippen molar-refractivity contribution in [2.45, 2.75) is 155 Å². The van der Waals surface area contributed by atoms with Gasteiger partial charge < -0.3 is 4.74 Å². The van der Waals surface area contributed by atoms with E-state index in [0.717, 1.165) is 57.8 Å². The molecule has 46 heavy (non-hydrogen) atoms. The van der Waals surface area contributed by atoms with Crippen molar-refractivity contribution >= 4 is 36.0 Å². The van der Waals surface area contributed by atoms with Crippen LogP contribution in [0.25, 0.3) is 0 Å². The van der Waals surface area contributed by atoms with Crippen molar-refractivity contribution in [1.29, 1.82) is 0 Å². The summed E-state index contributed by atoms with van der Waals surface area (Å²) in [5.41, 5.74) is 0. The first kappa shape index (κ1) is 45.0. The van der Waals surface area contributed by atoms with Gasteiger partial charge in [-0.1, -0.05) is 124 Å². The van der Waals surface area contributed by atoms with Gasteiger partial charge in [-0.15, -0.1) is 13.4 Å². The maximum absolute atomic E-state index is 16.3. The number of halogens is 3. The Morgan fingerprint density at radius 2 is 0.739 bits per heavy atom. The maximum atomic E-state index is 16.3. The first-order valence-electron chi connectivity index (χ1n) is 16.9. The zero-order valence-corrected chi connectivity index (χ0v) is 30.7. The molecule has 0 aliphatic rings. The van der Waals surface area contributed by atoms with Crippen molar-refractivity contribution in [3.63, 3.8) is 0 Å². The molecule has 0 fully saturated rings. The van der Waals surface area contributed by atoms with E-state index in [9.17, 15) is 30.0 Å². The van der Waals surface area contributed by atoms with Gasteiger partial charge in [0.2, 0.25) is 30.1 Å². The van der Waals surface area contributed by atoms with Crippen molar-refractivity contribution in [3.8, 4) is 0 Å². The smallest absolute Gasteiger partial charge is 0.368 e. The van der Waals surface area contributed by atoms with Gasteiger partial charge in [0, 0.05) is 13.6 Å². The van der Waals surface area contributed by atoms with Crippen LogP contribution in [0.15, 0.2) is 0 Å². The Morgan fingerprint density at radius 3 is 1.00 bits per heavy atom.